The Morgan fingerprint density at radius 2 is 0.579 bits per heavy atom. The molecule has 114 heavy (non-hydrogen) atoms. The SMILES string of the molecule is CC(C)(C)c1cc(-c2ccccc2)c(N2c3ccccc3B3c4cc5c(cc4Oc4cc(-c6cccc7c6C6(c8ccccc8-c8ccccc86)c6ccccc6-7)cc2c43)Oc2cc(-c3cccc4c3C3(c6ccccc6-c6ccccc63)c3ccccc3-4)cc3c2B5c2ccccc2N3c2ccccc2)c(-c2ccccc2)c1. The highest BCUT2D eigenvalue weighted by atomic mass is 16.5. The Labute approximate surface area is 664 Å². The van der Waals surface area contributed by atoms with Crippen molar-refractivity contribution < 1.29 is 9.47 Å². The molecule has 530 valence electrons. The van der Waals surface area contributed by atoms with Gasteiger partial charge in [-0.25, -0.2) is 0 Å². The first kappa shape index (κ1) is 63.8. The summed E-state index contributed by atoms with van der Waals surface area (Å²) < 4.78 is 16.0. The minimum Gasteiger partial charge on any atom is -0.458 e. The molecule has 17 aromatic carbocycles. The van der Waals surface area contributed by atoms with E-state index in [1.165, 1.54) is 111 Å². The molecule has 2 spiro atoms. The number of hydrogen-bond donors (Lipinski definition) is 0. The maximum atomic E-state index is 8.07. The van der Waals surface area contributed by atoms with Crippen molar-refractivity contribution in [3.63, 3.8) is 0 Å². The molecule has 0 amide bonds. The summed E-state index contributed by atoms with van der Waals surface area (Å²) >= 11 is 0. The molecule has 0 saturated carbocycles. The summed E-state index contributed by atoms with van der Waals surface area (Å²) in [6.45, 7) is 6.51. The average Bonchev–Trinajstić information content (AvgIpc) is 1.45. The topological polar surface area (TPSA) is 24.9 Å². The zero-order chi connectivity index (χ0) is 75.0. The molecule has 6 heteroatoms. The van der Waals surface area contributed by atoms with Gasteiger partial charge in [0.05, 0.1) is 16.5 Å². The Hall–Kier alpha value is -13.9. The molecule has 0 N–H and O–H groups in total. The molecule has 0 bridgehead atoms. The van der Waals surface area contributed by atoms with Gasteiger partial charge in [0.15, 0.2) is 0 Å². The molecule has 0 unspecified atom stereocenters. The van der Waals surface area contributed by atoms with E-state index in [2.05, 4.69) is 401 Å². The average molecular weight is 1450 g/mol. The Morgan fingerprint density at radius 1 is 0.246 bits per heavy atom. The third kappa shape index (κ3) is 8.38. The molecule has 4 nitrogen and oxygen atoms in total. The molecule has 25 rings (SSSR count). The lowest BCUT2D eigenvalue weighted by atomic mass is 9.31. The van der Waals surface area contributed by atoms with Gasteiger partial charge in [-0.15, -0.1) is 0 Å². The zero-order valence-corrected chi connectivity index (χ0v) is 63.1. The summed E-state index contributed by atoms with van der Waals surface area (Å²) in [6.07, 6.45) is 0. The molecular weight excluding hydrogens is 1380 g/mol. The maximum Gasteiger partial charge on any atom is 0.256 e. The summed E-state index contributed by atoms with van der Waals surface area (Å²) in [5.41, 5.74) is 42.9. The van der Waals surface area contributed by atoms with Gasteiger partial charge in [0.2, 0.25) is 0 Å². The number of rotatable bonds is 6. The molecular formula is C108H70B2N2O2. The van der Waals surface area contributed by atoms with Crippen molar-refractivity contribution in [1.82, 2.24) is 0 Å². The smallest absolute Gasteiger partial charge is 0.256 e. The molecule has 8 aliphatic rings. The van der Waals surface area contributed by atoms with E-state index >= 15 is 0 Å². The van der Waals surface area contributed by atoms with Gasteiger partial charge in [-0.05, 0) is 227 Å². The molecule has 4 heterocycles. The summed E-state index contributed by atoms with van der Waals surface area (Å²) in [7, 11) is 0. The summed E-state index contributed by atoms with van der Waals surface area (Å²) in [5, 5.41) is 0. The van der Waals surface area contributed by atoms with Crippen molar-refractivity contribution >= 4 is 80.3 Å². The predicted molar refractivity (Wildman–Crippen MR) is 471 cm³/mol. The second-order valence-electron chi connectivity index (χ2n) is 33.1. The minimum absolute atomic E-state index is 0.189. The van der Waals surface area contributed by atoms with Crippen LogP contribution in [0.2, 0.25) is 0 Å². The number of nitrogens with zero attached hydrogens (tertiary/aromatic N) is 2. The van der Waals surface area contributed by atoms with Gasteiger partial charge < -0.3 is 19.3 Å². The van der Waals surface area contributed by atoms with Crippen LogP contribution in [0.4, 0.5) is 34.1 Å². The van der Waals surface area contributed by atoms with E-state index in [0.29, 0.717) is 0 Å². The fraction of sp³-hybridized carbons (Fsp3) is 0.0556. The van der Waals surface area contributed by atoms with Gasteiger partial charge >= 0.3 is 0 Å². The van der Waals surface area contributed by atoms with Gasteiger partial charge in [-0.2, -0.15) is 0 Å². The number of fused-ring (bicyclic) bond motifs is 28. The Morgan fingerprint density at radius 3 is 0.991 bits per heavy atom. The number of benzene rings is 17. The largest absolute Gasteiger partial charge is 0.458 e. The summed E-state index contributed by atoms with van der Waals surface area (Å²) in [6, 6.07) is 140. The van der Waals surface area contributed by atoms with Gasteiger partial charge in [-0.1, -0.05) is 324 Å². The maximum absolute atomic E-state index is 8.07. The first-order chi connectivity index (χ1) is 56.2. The van der Waals surface area contributed by atoms with Crippen LogP contribution in [0.1, 0.15) is 70.8 Å². The highest BCUT2D eigenvalue weighted by Crippen LogP contribution is 2.67. The van der Waals surface area contributed by atoms with E-state index in [4.69, 9.17) is 9.47 Å². The van der Waals surface area contributed by atoms with Crippen LogP contribution in [0.5, 0.6) is 23.0 Å². The van der Waals surface area contributed by atoms with Crippen molar-refractivity contribution in [2.45, 2.75) is 37.0 Å². The van der Waals surface area contributed by atoms with E-state index in [0.717, 1.165) is 118 Å². The monoisotopic (exact) mass is 1450 g/mol. The van der Waals surface area contributed by atoms with E-state index in [1.807, 2.05) is 0 Å². The quantitative estimate of drug-likeness (QED) is 0.155. The highest BCUT2D eigenvalue weighted by molar-refractivity contribution is 7.02. The summed E-state index contributed by atoms with van der Waals surface area (Å²) in [4.78, 5) is 5.13. The normalized spacial score (nSPS) is 14.5. The van der Waals surface area contributed by atoms with Crippen molar-refractivity contribution in [2.24, 2.45) is 0 Å². The van der Waals surface area contributed by atoms with Crippen LogP contribution in [0, 0.1) is 0 Å². The van der Waals surface area contributed by atoms with Crippen LogP contribution in [0.25, 0.3) is 89.0 Å². The molecule has 4 aliphatic carbocycles. The number of ether oxygens (including phenoxy) is 2. The fourth-order valence-corrected chi connectivity index (χ4v) is 22.1. The lowest BCUT2D eigenvalue weighted by molar-refractivity contribution is 0.466. The third-order valence-electron chi connectivity index (χ3n) is 26.5. The van der Waals surface area contributed by atoms with Crippen LogP contribution in [-0.4, -0.2) is 13.4 Å². The second-order valence-corrected chi connectivity index (χ2v) is 33.1. The number of anilines is 6. The standard InChI is InChI=1S/C108H70B2N2O2/c1-106(2,3)69-61-81(65-31-7-4-8-32-65)105(82(62-69)66-33-9-5-10-34-66)112-94-56-28-26-54-90(94)110-92-63-91-97(64-98(92)114-100-60-68(58-96(112)104(100)110)72-44-30-46-80-78-42-18-24-52-88(78)108(102(72)80)85-49-21-15-39-75(85)76-40-16-22-50-86(76)108)113-99-59-67(57-95-103(99)109(91)89-53-25-27-55-93(89)111(95)70-35-11-6-12-36-70)71-43-29-45-79-77-41-17-23-51-87(77)107(101(71)79)83-47-19-13-37-73(83)74-38-14-20-48-84(74)107/h4-64H,1-3H3. The van der Waals surface area contributed by atoms with Crippen LogP contribution < -0.4 is 52.1 Å². The number of hydrogen-bond acceptors (Lipinski definition) is 4. The van der Waals surface area contributed by atoms with Crippen LogP contribution in [0.15, 0.2) is 370 Å². The fourth-order valence-electron chi connectivity index (χ4n) is 22.1. The Kier molecular flexibility index (Phi) is 13.1. The van der Waals surface area contributed by atoms with Gasteiger partial charge in [0, 0.05) is 45.6 Å². The Balaban J connectivity index is 0.748. The minimum atomic E-state index is -0.627. The first-order valence-corrected chi connectivity index (χ1v) is 40.1. The molecule has 17 aromatic rings. The second kappa shape index (κ2) is 23.3. The van der Waals surface area contributed by atoms with E-state index in [1.54, 1.807) is 0 Å². The van der Waals surface area contributed by atoms with Crippen LogP contribution in [0.3, 0.4) is 0 Å². The molecule has 0 atom stereocenters. The van der Waals surface area contributed by atoms with Crippen LogP contribution >= 0.6 is 0 Å². The lowest BCUT2D eigenvalue weighted by Gasteiger charge is -2.43. The molecule has 0 saturated heterocycles. The van der Waals surface area contributed by atoms with E-state index in [-0.39, 0.29) is 18.8 Å². The Bertz CT molecular complexity index is 6890. The molecule has 0 fully saturated rings. The molecule has 0 aromatic heterocycles. The third-order valence-corrected chi connectivity index (χ3v) is 26.5. The van der Waals surface area contributed by atoms with Crippen molar-refractivity contribution in [3.8, 4) is 112 Å². The molecule has 0 radical (unpaired) electrons. The molecule has 4 aliphatic heterocycles. The van der Waals surface area contributed by atoms with Gasteiger partial charge in [0.25, 0.3) is 13.4 Å². The first-order valence-electron chi connectivity index (χ1n) is 40.1. The van der Waals surface area contributed by atoms with E-state index in [9.17, 15) is 0 Å². The van der Waals surface area contributed by atoms with Gasteiger partial charge in [-0.3, -0.25) is 0 Å². The zero-order valence-electron chi connectivity index (χ0n) is 63.1. The highest BCUT2D eigenvalue weighted by Gasteiger charge is 2.56. The van der Waals surface area contributed by atoms with Crippen molar-refractivity contribution in [2.75, 3.05) is 9.80 Å². The van der Waals surface area contributed by atoms with Crippen molar-refractivity contribution in [3.05, 3.63) is 420 Å². The lowest BCUT2D eigenvalue weighted by Crippen LogP contribution is -2.63. The predicted octanol–water partition coefficient (Wildman–Crippen LogP) is 23.1. The number of para-hydroxylation sites is 3. The van der Waals surface area contributed by atoms with Crippen molar-refractivity contribution in [1.29, 1.82) is 0 Å². The van der Waals surface area contributed by atoms with Gasteiger partial charge in [0.1, 0.15) is 23.0 Å². The summed E-state index contributed by atoms with van der Waals surface area (Å²) in [5.74, 6) is 3.19. The van der Waals surface area contributed by atoms with E-state index < -0.39 is 10.8 Å². The van der Waals surface area contributed by atoms with Crippen LogP contribution in [-0.2, 0) is 16.2 Å².